The number of amides is 1. The molecule has 2 rings (SSSR count). The van der Waals surface area contributed by atoms with Crippen molar-refractivity contribution < 1.29 is 9.90 Å². The van der Waals surface area contributed by atoms with Crippen LogP contribution in [-0.4, -0.2) is 29.6 Å². The van der Waals surface area contributed by atoms with E-state index in [0.29, 0.717) is 11.4 Å². The molecule has 2 atom stereocenters. The predicted molar refractivity (Wildman–Crippen MR) is 66.8 cm³/mol. The van der Waals surface area contributed by atoms with Crippen molar-refractivity contribution in [1.82, 2.24) is 4.90 Å². The van der Waals surface area contributed by atoms with E-state index >= 15 is 0 Å². The molecule has 17 heavy (non-hydrogen) atoms. The third kappa shape index (κ3) is 2.45. The molecule has 1 aliphatic heterocycles. The lowest BCUT2D eigenvalue weighted by atomic mass is 9.85. The molecule has 92 valence electrons. The van der Waals surface area contributed by atoms with Crippen LogP contribution in [0.2, 0.25) is 5.02 Å². The lowest BCUT2D eigenvalue weighted by Crippen LogP contribution is -2.41. The van der Waals surface area contributed by atoms with Gasteiger partial charge in [0.05, 0.1) is 6.04 Å². The SMILES string of the molecule is CN1C(=O)CC[C@@H](CO)[C@@H]1c1cccc(Cl)c1. The highest BCUT2D eigenvalue weighted by molar-refractivity contribution is 6.30. The monoisotopic (exact) mass is 253 g/mol. The second-order valence-electron chi connectivity index (χ2n) is 4.49. The highest BCUT2D eigenvalue weighted by atomic mass is 35.5. The van der Waals surface area contributed by atoms with E-state index in [1.807, 2.05) is 24.3 Å². The summed E-state index contributed by atoms with van der Waals surface area (Å²) in [6, 6.07) is 7.43. The number of rotatable bonds is 2. The molecule has 0 bridgehead atoms. The van der Waals surface area contributed by atoms with E-state index in [1.54, 1.807) is 11.9 Å². The van der Waals surface area contributed by atoms with E-state index in [1.165, 1.54) is 0 Å². The Morgan fingerprint density at radius 3 is 2.94 bits per heavy atom. The van der Waals surface area contributed by atoms with E-state index < -0.39 is 0 Å². The van der Waals surface area contributed by atoms with Gasteiger partial charge in [-0.15, -0.1) is 0 Å². The lowest BCUT2D eigenvalue weighted by Gasteiger charge is -2.38. The van der Waals surface area contributed by atoms with Gasteiger partial charge in [-0.3, -0.25) is 4.79 Å². The third-order valence-corrected chi connectivity index (χ3v) is 3.65. The maximum absolute atomic E-state index is 11.7. The fourth-order valence-corrected chi connectivity index (χ4v) is 2.69. The Morgan fingerprint density at radius 1 is 1.53 bits per heavy atom. The fourth-order valence-electron chi connectivity index (χ4n) is 2.49. The maximum Gasteiger partial charge on any atom is 0.222 e. The second-order valence-corrected chi connectivity index (χ2v) is 4.92. The topological polar surface area (TPSA) is 40.5 Å². The van der Waals surface area contributed by atoms with Gasteiger partial charge < -0.3 is 10.0 Å². The molecule has 3 nitrogen and oxygen atoms in total. The van der Waals surface area contributed by atoms with Gasteiger partial charge in [-0.05, 0) is 24.1 Å². The summed E-state index contributed by atoms with van der Waals surface area (Å²) in [7, 11) is 1.79. The summed E-state index contributed by atoms with van der Waals surface area (Å²) in [6.45, 7) is 0.0921. The second kappa shape index (κ2) is 5.07. The van der Waals surface area contributed by atoms with Gasteiger partial charge >= 0.3 is 0 Å². The van der Waals surface area contributed by atoms with Crippen molar-refractivity contribution in [1.29, 1.82) is 0 Å². The molecule has 1 aliphatic rings. The first-order valence-corrected chi connectivity index (χ1v) is 6.13. The first-order valence-electron chi connectivity index (χ1n) is 5.75. The molecule has 0 aliphatic carbocycles. The molecule has 1 aromatic carbocycles. The Bertz CT molecular complexity index is 422. The van der Waals surface area contributed by atoms with E-state index in [0.717, 1.165) is 12.0 Å². The minimum atomic E-state index is -0.0695. The zero-order valence-corrected chi connectivity index (χ0v) is 10.5. The molecular formula is C13H16ClNO2. The summed E-state index contributed by atoms with van der Waals surface area (Å²) in [6.07, 6.45) is 1.25. The standard InChI is InChI=1S/C13H16ClNO2/c1-15-12(17)6-5-10(8-16)13(15)9-3-2-4-11(14)7-9/h2-4,7,10,13,16H,5-6,8H2,1H3/t10-,13-/m0/s1. The number of hydrogen-bond acceptors (Lipinski definition) is 2. The zero-order chi connectivity index (χ0) is 12.4. The van der Waals surface area contributed by atoms with Crippen LogP contribution in [0.3, 0.4) is 0 Å². The van der Waals surface area contributed by atoms with Gasteiger partial charge in [-0.25, -0.2) is 0 Å². The van der Waals surface area contributed by atoms with Crippen LogP contribution in [0, 0.1) is 5.92 Å². The number of likely N-dealkylation sites (tertiary alicyclic amines) is 1. The van der Waals surface area contributed by atoms with Crippen molar-refractivity contribution in [3.63, 3.8) is 0 Å². The molecule has 1 amide bonds. The molecule has 0 aromatic heterocycles. The molecule has 1 heterocycles. The number of aliphatic hydroxyl groups excluding tert-OH is 1. The van der Waals surface area contributed by atoms with Crippen LogP contribution in [0.5, 0.6) is 0 Å². The molecular weight excluding hydrogens is 238 g/mol. The van der Waals surface area contributed by atoms with Crippen LogP contribution in [0.15, 0.2) is 24.3 Å². The first-order chi connectivity index (χ1) is 8.13. The molecule has 0 saturated carbocycles. The summed E-state index contributed by atoms with van der Waals surface area (Å²) in [5.74, 6) is 0.218. The molecule has 0 radical (unpaired) electrons. The van der Waals surface area contributed by atoms with Crippen molar-refractivity contribution in [3.8, 4) is 0 Å². The van der Waals surface area contributed by atoms with E-state index in [9.17, 15) is 9.90 Å². The summed E-state index contributed by atoms with van der Waals surface area (Å²) in [5, 5.41) is 10.1. The van der Waals surface area contributed by atoms with Gasteiger partial charge in [0.25, 0.3) is 0 Å². The first kappa shape index (κ1) is 12.4. The quantitative estimate of drug-likeness (QED) is 0.878. The highest BCUT2D eigenvalue weighted by Gasteiger charge is 2.34. The summed E-state index contributed by atoms with van der Waals surface area (Å²) in [5.41, 5.74) is 0.993. The van der Waals surface area contributed by atoms with Crippen molar-refractivity contribution in [2.75, 3.05) is 13.7 Å². The maximum atomic E-state index is 11.7. The van der Waals surface area contributed by atoms with Crippen LogP contribution in [0.25, 0.3) is 0 Å². The Morgan fingerprint density at radius 2 is 2.29 bits per heavy atom. The van der Waals surface area contributed by atoms with Crippen molar-refractivity contribution in [3.05, 3.63) is 34.9 Å². The van der Waals surface area contributed by atoms with E-state index in [4.69, 9.17) is 11.6 Å². The van der Waals surface area contributed by atoms with Gasteiger partial charge in [0.15, 0.2) is 0 Å². The van der Waals surface area contributed by atoms with Gasteiger partial charge in [0.2, 0.25) is 5.91 Å². The number of piperidine rings is 1. The Kier molecular flexibility index (Phi) is 3.69. The van der Waals surface area contributed by atoms with Gasteiger partial charge in [-0.2, -0.15) is 0 Å². The largest absolute Gasteiger partial charge is 0.396 e. The number of carbonyl (C=O) groups is 1. The molecule has 0 unspecified atom stereocenters. The molecule has 1 fully saturated rings. The summed E-state index contributed by atoms with van der Waals surface area (Å²) in [4.78, 5) is 13.5. The molecule has 1 saturated heterocycles. The van der Waals surface area contributed by atoms with Crippen LogP contribution >= 0.6 is 11.6 Å². The Labute approximate surface area is 106 Å². The van der Waals surface area contributed by atoms with Crippen LogP contribution in [0.4, 0.5) is 0 Å². The summed E-state index contributed by atoms with van der Waals surface area (Å²) >= 11 is 5.97. The predicted octanol–water partition coefficient (Wildman–Crippen LogP) is 2.24. The lowest BCUT2D eigenvalue weighted by molar-refractivity contribution is -0.137. The zero-order valence-electron chi connectivity index (χ0n) is 9.77. The molecule has 4 heteroatoms. The third-order valence-electron chi connectivity index (χ3n) is 3.41. The van der Waals surface area contributed by atoms with Crippen molar-refractivity contribution in [2.24, 2.45) is 5.92 Å². The van der Waals surface area contributed by atoms with Crippen LogP contribution in [-0.2, 0) is 4.79 Å². The van der Waals surface area contributed by atoms with E-state index in [-0.39, 0.29) is 24.5 Å². The van der Waals surface area contributed by atoms with Crippen LogP contribution in [0.1, 0.15) is 24.4 Å². The molecule has 1 aromatic rings. The number of carbonyl (C=O) groups excluding carboxylic acids is 1. The number of benzene rings is 1. The number of halogens is 1. The van der Waals surface area contributed by atoms with Gasteiger partial charge in [0, 0.05) is 31.0 Å². The van der Waals surface area contributed by atoms with Crippen molar-refractivity contribution in [2.45, 2.75) is 18.9 Å². The summed E-state index contributed by atoms with van der Waals surface area (Å²) < 4.78 is 0. The number of hydrogen-bond donors (Lipinski definition) is 1. The average molecular weight is 254 g/mol. The highest BCUT2D eigenvalue weighted by Crippen LogP contribution is 2.35. The number of aliphatic hydroxyl groups is 1. The Balaban J connectivity index is 2.34. The smallest absolute Gasteiger partial charge is 0.222 e. The van der Waals surface area contributed by atoms with Gasteiger partial charge in [0.1, 0.15) is 0 Å². The Hall–Kier alpha value is -1.06. The normalized spacial score (nSPS) is 25.1. The number of nitrogens with zero attached hydrogens (tertiary/aromatic N) is 1. The van der Waals surface area contributed by atoms with Crippen molar-refractivity contribution >= 4 is 17.5 Å². The fraction of sp³-hybridized carbons (Fsp3) is 0.462. The molecule has 1 N–H and O–H groups in total. The van der Waals surface area contributed by atoms with Gasteiger partial charge in [-0.1, -0.05) is 23.7 Å². The van der Waals surface area contributed by atoms with Crippen LogP contribution < -0.4 is 0 Å². The molecule has 0 spiro atoms. The minimum absolute atomic E-state index is 0.0695. The van der Waals surface area contributed by atoms with E-state index in [2.05, 4.69) is 0 Å². The average Bonchev–Trinajstić information content (AvgIpc) is 2.32. The minimum Gasteiger partial charge on any atom is -0.396 e.